The molecule has 14 heavy (non-hydrogen) atoms. The van der Waals surface area contributed by atoms with Crippen molar-refractivity contribution in [3.8, 4) is 6.07 Å². The van der Waals surface area contributed by atoms with Crippen molar-refractivity contribution in [2.24, 2.45) is 0 Å². The van der Waals surface area contributed by atoms with E-state index in [0.717, 1.165) is 25.9 Å². The zero-order valence-corrected chi connectivity index (χ0v) is 8.62. The Morgan fingerprint density at radius 3 is 2.64 bits per heavy atom. The Morgan fingerprint density at radius 1 is 1.50 bits per heavy atom. The highest BCUT2D eigenvalue weighted by Gasteiger charge is 2.18. The van der Waals surface area contributed by atoms with E-state index < -0.39 is 0 Å². The molecule has 1 atom stereocenters. The molecule has 4 heteroatoms. The average molecular weight is 195 g/mol. The van der Waals surface area contributed by atoms with Crippen LogP contribution in [0.1, 0.15) is 32.6 Å². The summed E-state index contributed by atoms with van der Waals surface area (Å²) in [6.45, 7) is 3.55. The van der Waals surface area contributed by atoms with Gasteiger partial charge in [0, 0.05) is 13.1 Å². The topological polar surface area (TPSA) is 56.1 Å². The summed E-state index contributed by atoms with van der Waals surface area (Å²) in [5.74, 6) is 0. The van der Waals surface area contributed by atoms with Gasteiger partial charge < -0.3 is 10.2 Å². The van der Waals surface area contributed by atoms with Crippen molar-refractivity contribution in [3.05, 3.63) is 0 Å². The van der Waals surface area contributed by atoms with Crippen LogP contribution in [-0.2, 0) is 0 Å². The van der Waals surface area contributed by atoms with Crippen molar-refractivity contribution in [1.82, 2.24) is 10.2 Å². The number of likely N-dealkylation sites (tertiary alicyclic amines) is 1. The maximum Gasteiger partial charge on any atom is 0.318 e. The first-order valence-corrected chi connectivity index (χ1v) is 5.23. The largest absolute Gasteiger partial charge is 0.325 e. The molecule has 1 aliphatic rings. The lowest BCUT2D eigenvalue weighted by Gasteiger charge is -2.27. The van der Waals surface area contributed by atoms with E-state index in [1.807, 2.05) is 6.92 Å². The molecule has 78 valence electrons. The van der Waals surface area contributed by atoms with Crippen LogP contribution in [0.2, 0.25) is 0 Å². The maximum atomic E-state index is 11.6. The van der Waals surface area contributed by atoms with Crippen molar-refractivity contribution in [1.29, 1.82) is 5.26 Å². The second kappa shape index (κ2) is 5.48. The first kappa shape index (κ1) is 10.8. The highest BCUT2D eigenvalue weighted by Crippen LogP contribution is 2.08. The third-order valence-electron chi connectivity index (χ3n) is 2.51. The fraction of sp³-hybridized carbons (Fsp3) is 0.800. The number of rotatable bonds is 2. The number of hydrogen-bond acceptors (Lipinski definition) is 2. The van der Waals surface area contributed by atoms with Crippen LogP contribution >= 0.6 is 0 Å². The number of piperidine rings is 1. The Bertz CT molecular complexity index is 228. The van der Waals surface area contributed by atoms with Gasteiger partial charge in [-0.3, -0.25) is 0 Å². The fourth-order valence-corrected chi connectivity index (χ4v) is 1.56. The molecule has 0 aromatic rings. The number of hydrogen-bond donors (Lipinski definition) is 1. The second-order valence-corrected chi connectivity index (χ2v) is 3.59. The minimum Gasteiger partial charge on any atom is -0.325 e. The molecule has 0 spiro atoms. The van der Waals surface area contributed by atoms with E-state index in [2.05, 4.69) is 11.4 Å². The summed E-state index contributed by atoms with van der Waals surface area (Å²) in [4.78, 5) is 13.4. The number of carbonyl (C=O) groups excluding carboxylic acids is 1. The monoisotopic (exact) mass is 195 g/mol. The molecule has 0 aromatic carbocycles. The third kappa shape index (κ3) is 2.91. The SMILES string of the molecule is CCC(C#N)NC(=O)N1CCCCC1. The van der Waals surface area contributed by atoms with Crippen LogP contribution < -0.4 is 5.32 Å². The van der Waals surface area contributed by atoms with Gasteiger partial charge >= 0.3 is 6.03 Å². The maximum absolute atomic E-state index is 11.6. The van der Waals surface area contributed by atoms with Crippen LogP contribution in [0.5, 0.6) is 0 Å². The van der Waals surface area contributed by atoms with Crippen LogP contribution in [0.4, 0.5) is 4.79 Å². The summed E-state index contributed by atoms with van der Waals surface area (Å²) in [5, 5.41) is 11.4. The van der Waals surface area contributed by atoms with E-state index in [4.69, 9.17) is 5.26 Å². The molecule has 1 unspecified atom stereocenters. The van der Waals surface area contributed by atoms with Crippen LogP contribution in [0.15, 0.2) is 0 Å². The molecular formula is C10H17N3O. The van der Waals surface area contributed by atoms with E-state index >= 15 is 0 Å². The molecular weight excluding hydrogens is 178 g/mol. The summed E-state index contributed by atoms with van der Waals surface area (Å²) in [6, 6.07) is 1.63. The Kier molecular flexibility index (Phi) is 4.24. The highest BCUT2D eigenvalue weighted by molar-refractivity contribution is 5.74. The summed E-state index contributed by atoms with van der Waals surface area (Å²) in [5.41, 5.74) is 0. The second-order valence-electron chi connectivity index (χ2n) is 3.59. The minimum atomic E-state index is -0.343. The van der Waals surface area contributed by atoms with Gasteiger partial charge in [0.05, 0.1) is 6.07 Å². The van der Waals surface area contributed by atoms with Crippen molar-refractivity contribution in [2.45, 2.75) is 38.6 Å². The predicted molar refractivity (Wildman–Crippen MR) is 53.6 cm³/mol. The van der Waals surface area contributed by atoms with E-state index in [0.29, 0.717) is 6.42 Å². The zero-order valence-electron chi connectivity index (χ0n) is 8.62. The van der Waals surface area contributed by atoms with E-state index in [1.54, 1.807) is 4.90 Å². The molecule has 1 heterocycles. The van der Waals surface area contributed by atoms with Gasteiger partial charge in [-0.1, -0.05) is 6.92 Å². The number of urea groups is 1. The van der Waals surface area contributed by atoms with Crippen LogP contribution in [0.25, 0.3) is 0 Å². The van der Waals surface area contributed by atoms with Gasteiger partial charge in [-0.15, -0.1) is 0 Å². The van der Waals surface area contributed by atoms with Gasteiger partial charge in [0.25, 0.3) is 0 Å². The Balaban J connectivity index is 2.36. The molecule has 0 saturated carbocycles. The van der Waals surface area contributed by atoms with Crippen molar-refractivity contribution >= 4 is 6.03 Å². The Labute approximate surface area is 84.9 Å². The Morgan fingerprint density at radius 2 is 2.14 bits per heavy atom. The molecule has 1 rings (SSSR count). The van der Waals surface area contributed by atoms with Gasteiger partial charge in [0.15, 0.2) is 0 Å². The molecule has 0 radical (unpaired) electrons. The summed E-state index contributed by atoms with van der Waals surface area (Å²) >= 11 is 0. The lowest BCUT2D eigenvalue weighted by atomic mass is 10.1. The Hall–Kier alpha value is -1.24. The lowest BCUT2D eigenvalue weighted by Crippen LogP contribution is -2.46. The zero-order chi connectivity index (χ0) is 10.4. The summed E-state index contributed by atoms with van der Waals surface area (Å²) in [6.07, 6.45) is 4.03. The van der Waals surface area contributed by atoms with Crippen LogP contribution in [0.3, 0.4) is 0 Å². The van der Waals surface area contributed by atoms with Crippen molar-refractivity contribution < 1.29 is 4.79 Å². The first-order valence-electron chi connectivity index (χ1n) is 5.23. The molecule has 2 amide bonds. The van der Waals surface area contributed by atoms with E-state index in [1.165, 1.54) is 6.42 Å². The molecule has 0 bridgehead atoms. The van der Waals surface area contributed by atoms with E-state index in [9.17, 15) is 4.79 Å². The van der Waals surface area contributed by atoms with Crippen LogP contribution in [-0.4, -0.2) is 30.1 Å². The molecule has 0 aromatic heterocycles. The van der Waals surface area contributed by atoms with Gasteiger partial charge in [0.1, 0.15) is 6.04 Å². The van der Waals surface area contributed by atoms with E-state index in [-0.39, 0.29) is 12.1 Å². The van der Waals surface area contributed by atoms with Gasteiger partial charge in [-0.05, 0) is 25.7 Å². The average Bonchev–Trinajstić information content (AvgIpc) is 2.26. The van der Waals surface area contributed by atoms with Crippen molar-refractivity contribution in [3.63, 3.8) is 0 Å². The number of nitrogens with one attached hydrogen (secondary N) is 1. The first-order chi connectivity index (χ1) is 6.77. The standard InChI is InChI=1S/C10H17N3O/c1-2-9(8-11)12-10(14)13-6-4-3-5-7-13/h9H,2-7H2,1H3,(H,12,14). The summed E-state index contributed by atoms with van der Waals surface area (Å²) < 4.78 is 0. The van der Waals surface area contributed by atoms with Gasteiger partial charge in [0.2, 0.25) is 0 Å². The number of nitriles is 1. The number of nitrogens with zero attached hydrogens (tertiary/aromatic N) is 2. The lowest BCUT2D eigenvalue weighted by molar-refractivity contribution is 0.184. The molecule has 1 fully saturated rings. The molecule has 4 nitrogen and oxygen atoms in total. The molecule has 0 aliphatic carbocycles. The van der Waals surface area contributed by atoms with Crippen LogP contribution in [0, 0.1) is 11.3 Å². The smallest absolute Gasteiger partial charge is 0.318 e. The normalized spacial score (nSPS) is 18.4. The third-order valence-corrected chi connectivity index (χ3v) is 2.51. The van der Waals surface area contributed by atoms with Crippen molar-refractivity contribution in [2.75, 3.05) is 13.1 Å². The highest BCUT2D eigenvalue weighted by atomic mass is 16.2. The van der Waals surface area contributed by atoms with Gasteiger partial charge in [-0.25, -0.2) is 4.79 Å². The quantitative estimate of drug-likeness (QED) is 0.725. The van der Waals surface area contributed by atoms with Gasteiger partial charge in [-0.2, -0.15) is 5.26 Å². The molecule has 1 saturated heterocycles. The molecule has 1 N–H and O–H groups in total. The summed E-state index contributed by atoms with van der Waals surface area (Å²) in [7, 11) is 0. The number of amides is 2. The molecule has 1 aliphatic heterocycles. The fourth-order valence-electron chi connectivity index (χ4n) is 1.56. The minimum absolute atomic E-state index is 0.0851. The number of carbonyl (C=O) groups is 1. The predicted octanol–water partition coefficient (Wildman–Crippen LogP) is 1.48.